The Morgan fingerprint density at radius 2 is 1.67 bits per heavy atom. The molecular weight excluding hydrogens is 264 g/mol. The minimum atomic E-state index is -0.216. The summed E-state index contributed by atoms with van der Waals surface area (Å²) in [5.74, 6) is -0.0760. The number of nitrogens with zero attached hydrogens (tertiary/aromatic N) is 1. The topological polar surface area (TPSA) is 63.4 Å². The van der Waals surface area contributed by atoms with Crippen LogP contribution in [0, 0.1) is 26.7 Å². The fourth-order valence-electron chi connectivity index (χ4n) is 3.28. The van der Waals surface area contributed by atoms with Crippen LogP contribution in [-0.2, 0) is 4.79 Å². The van der Waals surface area contributed by atoms with Gasteiger partial charge in [0.25, 0.3) is 0 Å². The maximum atomic E-state index is 12.5. The van der Waals surface area contributed by atoms with Crippen LogP contribution in [0.25, 0.3) is 0 Å². The lowest BCUT2D eigenvalue weighted by atomic mass is 9.94. The summed E-state index contributed by atoms with van der Waals surface area (Å²) in [6.07, 6.45) is 1.52. The van der Waals surface area contributed by atoms with Crippen LogP contribution >= 0.6 is 0 Å². The first-order valence-corrected chi connectivity index (χ1v) is 7.51. The van der Waals surface area contributed by atoms with Crippen molar-refractivity contribution in [1.29, 1.82) is 0 Å². The van der Waals surface area contributed by atoms with E-state index in [-0.39, 0.29) is 17.6 Å². The minimum Gasteiger partial charge on any atom is -0.369 e. The molecule has 0 radical (unpaired) electrons. The number of likely N-dealkylation sites (tertiary alicyclic amines) is 1. The summed E-state index contributed by atoms with van der Waals surface area (Å²) < 4.78 is 0. The summed E-state index contributed by atoms with van der Waals surface area (Å²) in [4.78, 5) is 25.8. The van der Waals surface area contributed by atoms with E-state index in [1.165, 1.54) is 5.56 Å². The normalized spacial score (nSPS) is 16.9. The van der Waals surface area contributed by atoms with Crippen LogP contribution in [0.3, 0.4) is 0 Å². The predicted molar refractivity (Wildman–Crippen MR) is 83.3 cm³/mol. The van der Waals surface area contributed by atoms with E-state index in [0.717, 1.165) is 42.6 Å². The lowest BCUT2D eigenvalue weighted by Crippen LogP contribution is -2.41. The largest absolute Gasteiger partial charge is 0.369 e. The number of piperidine rings is 1. The van der Waals surface area contributed by atoms with Gasteiger partial charge in [-0.2, -0.15) is 0 Å². The molecule has 4 nitrogen and oxygen atoms in total. The van der Waals surface area contributed by atoms with Gasteiger partial charge in [0.1, 0.15) is 0 Å². The van der Waals surface area contributed by atoms with Gasteiger partial charge in [0.15, 0.2) is 5.78 Å². The summed E-state index contributed by atoms with van der Waals surface area (Å²) in [5.41, 5.74) is 9.46. The average molecular weight is 288 g/mol. The van der Waals surface area contributed by atoms with E-state index in [0.29, 0.717) is 6.54 Å². The third-order valence-corrected chi connectivity index (χ3v) is 4.31. The monoisotopic (exact) mass is 288 g/mol. The molecule has 0 bridgehead atoms. The Bertz CT molecular complexity index is 535. The molecule has 1 aliphatic rings. The van der Waals surface area contributed by atoms with E-state index in [4.69, 9.17) is 5.73 Å². The summed E-state index contributed by atoms with van der Waals surface area (Å²) in [7, 11) is 0. The highest BCUT2D eigenvalue weighted by molar-refractivity contribution is 6.00. The molecule has 1 aromatic carbocycles. The van der Waals surface area contributed by atoms with Crippen molar-refractivity contribution in [3.63, 3.8) is 0 Å². The lowest BCUT2D eigenvalue weighted by Gasteiger charge is -2.30. The quantitative estimate of drug-likeness (QED) is 0.862. The Balaban J connectivity index is 2.02. The number of carbonyl (C=O) groups is 2. The van der Waals surface area contributed by atoms with Gasteiger partial charge in [-0.1, -0.05) is 17.7 Å². The molecule has 0 atom stereocenters. The summed E-state index contributed by atoms with van der Waals surface area (Å²) >= 11 is 0. The van der Waals surface area contributed by atoms with Crippen molar-refractivity contribution in [3.05, 3.63) is 34.4 Å². The van der Waals surface area contributed by atoms with Crippen LogP contribution in [0.4, 0.5) is 0 Å². The van der Waals surface area contributed by atoms with Crippen LogP contribution in [0.2, 0.25) is 0 Å². The van der Waals surface area contributed by atoms with Gasteiger partial charge in [-0.05, 0) is 57.8 Å². The first-order chi connectivity index (χ1) is 9.88. The van der Waals surface area contributed by atoms with Crippen LogP contribution < -0.4 is 5.73 Å². The summed E-state index contributed by atoms with van der Waals surface area (Å²) in [5, 5.41) is 0. The zero-order valence-electron chi connectivity index (χ0n) is 13.1. The molecule has 2 N–H and O–H groups in total. The van der Waals surface area contributed by atoms with E-state index in [9.17, 15) is 9.59 Å². The van der Waals surface area contributed by atoms with Crippen molar-refractivity contribution in [2.75, 3.05) is 19.6 Å². The van der Waals surface area contributed by atoms with Crippen molar-refractivity contribution >= 4 is 11.7 Å². The van der Waals surface area contributed by atoms with Crippen molar-refractivity contribution in [3.8, 4) is 0 Å². The highest BCUT2D eigenvalue weighted by Crippen LogP contribution is 2.20. The summed E-state index contributed by atoms with van der Waals surface area (Å²) in [6.45, 7) is 7.99. The molecule has 1 heterocycles. The third kappa shape index (κ3) is 3.70. The molecule has 114 valence electrons. The van der Waals surface area contributed by atoms with Gasteiger partial charge in [-0.15, -0.1) is 0 Å². The number of ketones is 1. The SMILES string of the molecule is Cc1cc(C)c(C(=O)CN2CCC(C(N)=O)CC2)c(C)c1. The van der Waals surface area contributed by atoms with Gasteiger partial charge in [0, 0.05) is 11.5 Å². The molecular formula is C17H24N2O2. The second kappa shape index (κ2) is 6.39. The van der Waals surface area contributed by atoms with Crippen LogP contribution in [0.15, 0.2) is 12.1 Å². The molecule has 21 heavy (non-hydrogen) atoms. The number of aryl methyl sites for hydroxylation is 3. The number of nitrogens with two attached hydrogens (primary N) is 1. The number of amides is 1. The van der Waals surface area contributed by atoms with E-state index in [2.05, 4.69) is 17.0 Å². The fourth-order valence-corrected chi connectivity index (χ4v) is 3.28. The smallest absolute Gasteiger partial charge is 0.220 e. The molecule has 2 rings (SSSR count). The number of hydrogen-bond donors (Lipinski definition) is 1. The van der Waals surface area contributed by atoms with Crippen molar-refractivity contribution in [2.24, 2.45) is 11.7 Å². The van der Waals surface area contributed by atoms with Gasteiger partial charge in [0.05, 0.1) is 6.54 Å². The van der Waals surface area contributed by atoms with Crippen LogP contribution in [-0.4, -0.2) is 36.2 Å². The molecule has 1 aromatic rings. The zero-order valence-corrected chi connectivity index (χ0v) is 13.1. The van der Waals surface area contributed by atoms with Crippen molar-refractivity contribution < 1.29 is 9.59 Å². The molecule has 0 aliphatic carbocycles. The molecule has 1 saturated heterocycles. The second-order valence-corrected chi connectivity index (χ2v) is 6.15. The number of hydrogen-bond acceptors (Lipinski definition) is 3. The second-order valence-electron chi connectivity index (χ2n) is 6.15. The average Bonchev–Trinajstić information content (AvgIpc) is 2.37. The summed E-state index contributed by atoms with van der Waals surface area (Å²) in [6, 6.07) is 4.11. The fraction of sp³-hybridized carbons (Fsp3) is 0.529. The maximum Gasteiger partial charge on any atom is 0.220 e. The standard InChI is InChI=1S/C17H24N2O2/c1-11-8-12(2)16(13(3)9-11)15(20)10-19-6-4-14(5-7-19)17(18)21/h8-9,14H,4-7,10H2,1-3H3,(H2,18,21). The molecule has 0 unspecified atom stereocenters. The predicted octanol–water partition coefficient (Wildman–Crippen LogP) is 1.99. The van der Waals surface area contributed by atoms with E-state index >= 15 is 0 Å². The highest BCUT2D eigenvalue weighted by Gasteiger charge is 2.25. The Morgan fingerprint density at radius 1 is 1.14 bits per heavy atom. The molecule has 1 amide bonds. The Hall–Kier alpha value is -1.68. The number of rotatable bonds is 4. The van der Waals surface area contributed by atoms with E-state index in [1.54, 1.807) is 0 Å². The first-order valence-electron chi connectivity index (χ1n) is 7.51. The number of primary amides is 1. The number of Topliss-reactive ketones (excluding diaryl/α,β-unsaturated/α-hetero) is 1. The molecule has 0 saturated carbocycles. The van der Waals surface area contributed by atoms with Gasteiger partial charge in [-0.25, -0.2) is 0 Å². The van der Waals surface area contributed by atoms with E-state index in [1.807, 2.05) is 20.8 Å². The van der Waals surface area contributed by atoms with Gasteiger partial charge < -0.3 is 5.73 Å². The molecule has 1 aliphatic heterocycles. The van der Waals surface area contributed by atoms with Gasteiger partial charge >= 0.3 is 0 Å². The molecule has 0 spiro atoms. The number of benzene rings is 1. The van der Waals surface area contributed by atoms with Gasteiger partial charge in [-0.3, -0.25) is 14.5 Å². The Morgan fingerprint density at radius 3 is 2.14 bits per heavy atom. The molecule has 4 heteroatoms. The Labute approximate surface area is 126 Å². The Kier molecular flexibility index (Phi) is 4.78. The zero-order chi connectivity index (χ0) is 15.6. The van der Waals surface area contributed by atoms with E-state index < -0.39 is 0 Å². The first kappa shape index (κ1) is 15.7. The maximum absolute atomic E-state index is 12.5. The lowest BCUT2D eigenvalue weighted by molar-refractivity contribution is -0.123. The third-order valence-electron chi connectivity index (χ3n) is 4.31. The highest BCUT2D eigenvalue weighted by atomic mass is 16.1. The van der Waals surface area contributed by atoms with Crippen LogP contribution in [0.5, 0.6) is 0 Å². The van der Waals surface area contributed by atoms with Crippen LogP contribution in [0.1, 0.15) is 39.9 Å². The minimum absolute atomic E-state index is 0.0285. The molecule has 1 fully saturated rings. The molecule has 0 aromatic heterocycles. The van der Waals surface area contributed by atoms with Gasteiger partial charge in [0.2, 0.25) is 5.91 Å². The van der Waals surface area contributed by atoms with Crippen molar-refractivity contribution in [2.45, 2.75) is 33.6 Å². The number of carbonyl (C=O) groups excluding carboxylic acids is 2. The van der Waals surface area contributed by atoms with Crippen molar-refractivity contribution in [1.82, 2.24) is 4.90 Å².